The Morgan fingerprint density at radius 3 is 2.22 bits per heavy atom. The lowest BCUT2D eigenvalue weighted by molar-refractivity contribution is 0.367. The molecule has 1 nitrogen and oxygen atoms in total. The first-order valence-electron chi connectivity index (χ1n) is 3.40. The van der Waals surface area contributed by atoms with Crippen molar-refractivity contribution >= 4 is 22.9 Å². The molecule has 0 aliphatic carbocycles. The number of rotatable bonds is 3. The Balaban J connectivity index is 3.07. The van der Waals surface area contributed by atoms with Crippen LogP contribution in [0.3, 0.4) is 0 Å². The zero-order valence-electron chi connectivity index (χ0n) is 6.50. The summed E-state index contributed by atoms with van der Waals surface area (Å²) in [4.78, 5) is 0. The van der Waals surface area contributed by atoms with Crippen molar-refractivity contribution in [2.75, 3.05) is 6.54 Å². The van der Waals surface area contributed by atoms with Crippen LogP contribution < -0.4 is 3.53 Å². The molecule has 0 fully saturated rings. The van der Waals surface area contributed by atoms with Crippen LogP contribution in [0.1, 0.15) is 33.6 Å². The van der Waals surface area contributed by atoms with Gasteiger partial charge in [0, 0.05) is 29.4 Å². The van der Waals surface area contributed by atoms with E-state index in [0.717, 1.165) is 6.54 Å². The van der Waals surface area contributed by atoms with E-state index in [1.165, 1.54) is 12.8 Å². The van der Waals surface area contributed by atoms with E-state index in [-0.39, 0.29) is 0 Å². The summed E-state index contributed by atoms with van der Waals surface area (Å²) < 4.78 is 3.11. The Morgan fingerprint density at radius 1 is 1.33 bits per heavy atom. The molecule has 0 radical (unpaired) electrons. The fourth-order valence-corrected chi connectivity index (χ4v) is 1.07. The Morgan fingerprint density at radius 2 is 1.89 bits per heavy atom. The molecule has 0 saturated heterocycles. The summed E-state index contributed by atoms with van der Waals surface area (Å²) in [5.74, 6) is 0. The van der Waals surface area contributed by atoms with E-state index >= 15 is 0 Å². The molecule has 0 aliphatic heterocycles. The SMILES string of the molecule is CC(C)(C)CCCNI. The number of hydrogen-bond acceptors (Lipinski definition) is 1. The van der Waals surface area contributed by atoms with Crippen LogP contribution in [0.2, 0.25) is 0 Å². The molecule has 0 saturated carbocycles. The van der Waals surface area contributed by atoms with E-state index in [0.29, 0.717) is 5.41 Å². The highest BCUT2D eigenvalue weighted by molar-refractivity contribution is 14.1. The first kappa shape index (κ1) is 9.69. The lowest BCUT2D eigenvalue weighted by Gasteiger charge is -2.16. The molecular weight excluding hydrogens is 225 g/mol. The second kappa shape index (κ2) is 4.50. The predicted octanol–water partition coefficient (Wildman–Crippen LogP) is 2.75. The molecule has 56 valence electrons. The van der Waals surface area contributed by atoms with Gasteiger partial charge in [-0.05, 0) is 18.3 Å². The van der Waals surface area contributed by atoms with E-state index in [2.05, 4.69) is 47.2 Å². The molecular formula is C7H16IN. The molecule has 0 aromatic rings. The molecule has 0 bridgehead atoms. The fourth-order valence-electron chi connectivity index (χ4n) is 0.686. The Bertz CT molecular complexity index is 65.8. The molecule has 0 rings (SSSR count). The van der Waals surface area contributed by atoms with Gasteiger partial charge in [-0.3, -0.25) is 3.53 Å². The van der Waals surface area contributed by atoms with Crippen LogP contribution >= 0.6 is 22.9 Å². The lowest BCUT2D eigenvalue weighted by atomic mass is 9.91. The summed E-state index contributed by atoms with van der Waals surface area (Å²) in [5, 5.41) is 0. The predicted molar refractivity (Wildman–Crippen MR) is 50.7 cm³/mol. The quantitative estimate of drug-likeness (QED) is 0.455. The summed E-state index contributed by atoms with van der Waals surface area (Å²) >= 11 is 2.19. The Kier molecular flexibility index (Phi) is 4.84. The normalized spacial score (nSPS) is 12.0. The number of halogens is 1. The number of hydrogen-bond donors (Lipinski definition) is 1. The highest BCUT2D eigenvalue weighted by atomic mass is 127. The molecule has 0 amide bonds. The minimum absolute atomic E-state index is 0.507. The van der Waals surface area contributed by atoms with Crippen molar-refractivity contribution in [3.8, 4) is 0 Å². The van der Waals surface area contributed by atoms with Crippen LogP contribution in [0.4, 0.5) is 0 Å². The summed E-state index contributed by atoms with van der Waals surface area (Å²) in [7, 11) is 0. The van der Waals surface area contributed by atoms with Gasteiger partial charge in [-0.1, -0.05) is 20.8 Å². The molecule has 1 N–H and O–H groups in total. The third kappa shape index (κ3) is 8.69. The minimum Gasteiger partial charge on any atom is -0.261 e. The van der Waals surface area contributed by atoms with Crippen molar-refractivity contribution in [1.29, 1.82) is 0 Å². The van der Waals surface area contributed by atoms with Gasteiger partial charge in [0.1, 0.15) is 0 Å². The average molecular weight is 241 g/mol. The van der Waals surface area contributed by atoms with E-state index < -0.39 is 0 Å². The lowest BCUT2D eigenvalue weighted by Crippen LogP contribution is -2.08. The highest BCUT2D eigenvalue weighted by Crippen LogP contribution is 2.19. The molecule has 2 heteroatoms. The second-order valence-electron chi connectivity index (χ2n) is 3.55. The fraction of sp³-hybridized carbons (Fsp3) is 1.00. The smallest absolute Gasteiger partial charge is 0.0169 e. The second-order valence-corrected chi connectivity index (χ2v) is 4.31. The highest BCUT2D eigenvalue weighted by Gasteiger charge is 2.07. The first-order chi connectivity index (χ1) is 4.06. The van der Waals surface area contributed by atoms with Crippen molar-refractivity contribution in [3.63, 3.8) is 0 Å². The van der Waals surface area contributed by atoms with E-state index in [1.54, 1.807) is 0 Å². The van der Waals surface area contributed by atoms with Crippen LogP contribution in [0.5, 0.6) is 0 Å². The molecule has 0 aromatic carbocycles. The van der Waals surface area contributed by atoms with Crippen molar-refractivity contribution in [2.45, 2.75) is 33.6 Å². The molecule has 0 aliphatic rings. The maximum atomic E-state index is 3.11. The van der Waals surface area contributed by atoms with Gasteiger partial charge in [0.25, 0.3) is 0 Å². The molecule has 0 aromatic heterocycles. The monoisotopic (exact) mass is 241 g/mol. The van der Waals surface area contributed by atoms with Gasteiger partial charge in [-0.15, -0.1) is 0 Å². The zero-order valence-corrected chi connectivity index (χ0v) is 8.66. The van der Waals surface area contributed by atoms with Gasteiger partial charge >= 0.3 is 0 Å². The van der Waals surface area contributed by atoms with Gasteiger partial charge in [0.2, 0.25) is 0 Å². The summed E-state index contributed by atoms with van der Waals surface area (Å²) in [6.07, 6.45) is 2.59. The average Bonchev–Trinajstić information content (AvgIpc) is 1.63. The van der Waals surface area contributed by atoms with Gasteiger partial charge in [-0.25, -0.2) is 0 Å². The standard InChI is InChI=1S/C7H16IN/c1-7(2,3)5-4-6-9-8/h9H,4-6H2,1-3H3. The third-order valence-corrected chi connectivity index (χ3v) is 1.74. The van der Waals surface area contributed by atoms with Crippen molar-refractivity contribution in [2.24, 2.45) is 5.41 Å². The summed E-state index contributed by atoms with van der Waals surface area (Å²) in [6, 6.07) is 0. The van der Waals surface area contributed by atoms with Crippen LogP contribution in [0.15, 0.2) is 0 Å². The first-order valence-corrected chi connectivity index (χ1v) is 4.47. The maximum absolute atomic E-state index is 3.11. The largest absolute Gasteiger partial charge is 0.261 e. The zero-order chi connectivity index (χ0) is 7.33. The molecule has 0 unspecified atom stereocenters. The van der Waals surface area contributed by atoms with Crippen molar-refractivity contribution < 1.29 is 0 Å². The maximum Gasteiger partial charge on any atom is 0.0169 e. The van der Waals surface area contributed by atoms with E-state index in [9.17, 15) is 0 Å². The van der Waals surface area contributed by atoms with Crippen LogP contribution in [0, 0.1) is 5.41 Å². The topological polar surface area (TPSA) is 12.0 Å². The summed E-state index contributed by atoms with van der Waals surface area (Å²) in [6.45, 7) is 7.97. The van der Waals surface area contributed by atoms with Crippen molar-refractivity contribution in [1.82, 2.24) is 3.53 Å². The number of nitrogens with one attached hydrogen (secondary N) is 1. The Hall–Kier alpha value is 0.690. The van der Waals surface area contributed by atoms with Gasteiger partial charge < -0.3 is 0 Å². The van der Waals surface area contributed by atoms with E-state index in [4.69, 9.17) is 0 Å². The van der Waals surface area contributed by atoms with Crippen LogP contribution in [0.25, 0.3) is 0 Å². The third-order valence-electron chi connectivity index (χ3n) is 1.20. The van der Waals surface area contributed by atoms with Gasteiger partial charge in [-0.2, -0.15) is 0 Å². The van der Waals surface area contributed by atoms with Crippen LogP contribution in [-0.2, 0) is 0 Å². The molecule has 9 heavy (non-hydrogen) atoms. The molecule has 0 spiro atoms. The van der Waals surface area contributed by atoms with E-state index in [1.807, 2.05) is 0 Å². The molecule has 0 heterocycles. The molecule has 0 atom stereocenters. The van der Waals surface area contributed by atoms with Crippen molar-refractivity contribution in [3.05, 3.63) is 0 Å². The van der Waals surface area contributed by atoms with Gasteiger partial charge in [0.05, 0.1) is 0 Å². The summed E-state index contributed by atoms with van der Waals surface area (Å²) in [5.41, 5.74) is 0.507. The van der Waals surface area contributed by atoms with Gasteiger partial charge in [0.15, 0.2) is 0 Å². The minimum atomic E-state index is 0.507. The van der Waals surface area contributed by atoms with Crippen LogP contribution in [-0.4, -0.2) is 6.54 Å². The Labute approximate surface area is 72.1 Å².